The van der Waals surface area contributed by atoms with Crippen LogP contribution >= 0.6 is 0 Å². The number of carboxylic acids is 1. The second-order valence-corrected chi connectivity index (χ2v) is 28.0. The summed E-state index contributed by atoms with van der Waals surface area (Å²) >= 11 is 0. The SMILES string of the molecule is CC/C=C\C/C=C\C/C=C\C/C=C\C/C=C\C/C=C\C/C=C\C/C=C\CCCCCCCCCCC(=O)OC(COC(=O)CCCCCCCCCCCCCCCCCCCCCCCCCCCCCCCCCCCCCC)COC(OCC[N+](C)(C)C)C(=O)O. The fourth-order valence-corrected chi connectivity index (χ4v) is 11.6. The quantitative estimate of drug-likeness (QED) is 0.0211. The lowest BCUT2D eigenvalue weighted by molar-refractivity contribution is -0.870. The number of quaternary nitrogens is 1. The second kappa shape index (κ2) is 75.0. The molecule has 94 heavy (non-hydrogen) atoms. The van der Waals surface area contributed by atoms with Gasteiger partial charge in [-0.3, -0.25) is 9.59 Å². The Labute approximate surface area is 582 Å². The van der Waals surface area contributed by atoms with Crippen molar-refractivity contribution >= 4 is 17.9 Å². The average Bonchev–Trinajstić information content (AvgIpc) is 3.35. The molecule has 9 nitrogen and oxygen atoms in total. The Morgan fingerprint density at radius 2 is 0.606 bits per heavy atom. The summed E-state index contributed by atoms with van der Waals surface area (Å²) in [6, 6.07) is 0. The van der Waals surface area contributed by atoms with Crippen molar-refractivity contribution in [1.29, 1.82) is 0 Å². The third-order valence-corrected chi connectivity index (χ3v) is 17.6. The van der Waals surface area contributed by atoms with Crippen molar-refractivity contribution in [3.63, 3.8) is 0 Å². The van der Waals surface area contributed by atoms with E-state index in [2.05, 4.69) is 111 Å². The summed E-state index contributed by atoms with van der Waals surface area (Å²) < 4.78 is 23.0. The van der Waals surface area contributed by atoms with Crippen molar-refractivity contribution in [2.45, 2.75) is 379 Å². The minimum absolute atomic E-state index is 0.183. The second-order valence-electron chi connectivity index (χ2n) is 28.0. The summed E-state index contributed by atoms with van der Waals surface area (Å²) in [4.78, 5) is 37.7. The van der Waals surface area contributed by atoms with E-state index in [-0.39, 0.29) is 32.2 Å². The number of allylic oxidation sites excluding steroid dienone is 16. The number of hydrogen-bond acceptors (Lipinski definition) is 7. The molecule has 0 amide bonds. The van der Waals surface area contributed by atoms with Crippen molar-refractivity contribution in [1.82, 2.24) is 0 Å². The molecule has 9 heteroatoms. The molecule has 0 bridgehead atoms. The number of rotatable bonds is 74. The number of carbonyl (C=O) groups is 3. The highest BCUT2D eigenvalue weighted by molar-refractivity contribution is 5.71. The Hall–Kier alpha value is -3.79. The molecule has 0 aromatic rings. The summed E-state index contributed by atoms with van der Waals surface area (Å²) in [7, 11) is 5.98. The van der Waals surface area contributed by atoms with E-state index in [0.29, 0.717) is 23.9 Å². The van der Waals surface area contributed by atoms with Crippen molar-refractivity contribution in [3.05, 3.63) is 97.2 Å². The van der Waals surface area contributed by atoms with Gasteiger partial charge in [0.1, 0.15) is 13.2 Å². The van der Waals surface area contributed by atoms with E-state index >= 15 is 0 Å². The van der Waals surface area contributed by atoms with Gasteiger partial charge in [-0.2, -0.15) is 0 Å². The van der Waals surface area contributed by atoms with Crippen LogP contribution in [0.25, 0.3) is 0 Å². The molecule has 0 heterocycles. The Morgan fingerprint density at radius 3 is 0.904 bits per heavy atom. The summed E-state index contributed by atoms with van der Waals surface area (Å²) in [5.41, 5.74) is 0. The van der Waals surface area contributed by atoms with Crippen molar-refractivity contribution in [2.75, 3.05) is 47.5 Å². The zero-order valence-electron chi connectivity index (χ0n) is 62.4. The maximum absolute atomic E-state index is 13.0. The number of aliphatic carboxylic acids is 1. The minimum Gasteiger partial charge on any atom is -0.477 e. The number of nitrogens with zero attached hydrogens (tertiary/aromatic N) is 1. The predicted octanol–water partition coefficient (Wildman–Crippen LogP) is 25.5. The van der Waals surface area contributed by atoms with Crippen LogP contribution in [0.1, 0.15) is 367 Å². The van der Waals surface area contributed by atoms with E-state index in [1.54, 1.807) is 0 Å². The summed E-state index contributed by atoms with van der Waals surface area (Å²) in [6.45, 7) is 4.80. The third kappa shape index (κ3) is 75.6. The van der Waals surface area contributed by atoms with Gasteiger partial charge in [0.25, 0.3) is 6.29 Å². The van der Waals surface area contributed by atoms with Crippen LogP contribution in [0.4, 0.5) is 0 Å². The fraction of sp³-hybridized carbons (Fsp3) is 0.776. The average molecular weight is 1320 g/mol. The van der Waals surface area contributed by atoms with Gasteiger partial charge in [-0.15, -0.1) is 0 Å². The fourth-order valence-electron chi connectivity index (χ4n) is 11.6. The topological polar surface area (TPSA) is 108 Å². The first kappa shape index (κ1) is 90.2. The first-order chi connectivity index (χ1) is 46.1. The number of hydrogen-bond donors (Lipinski definition) is 1. The molecule has 0 rings (SSSR count). The van der Waals surface area contributed by atoms with E-state index in [0.717, 1.165) is 96.3 Å². The van der Waals surface area contributed by atoms with Crippen LogP contribution in [0.2, 0.25) is 0 Å². The maximum Gasteiger partial charge on any atom is 0.361 e. The van der Waals surface area contributed by atoms with Crippen molar-refractivity contribution < 1.29 is 42.9 Å². The lowest BCUT2D eigenvalue weighted by Gasteiger charge is -2.25. The Balaban J connectivity index is 4.04. The first-order valence-corrected chi connectivity index (χ1v) is 39.9. The molecule has 0 aromatic carbocycles. The highest BCUT2D eigenvalue weighted by Gasteiger charge is 2.25. The summed E-state index contributed by atoms with van der Waals surface area (Å²) in [5.74, 6) is -2.00. The van der Waals surface area contributed by atoms with Gasteiger partial charge in [0.05, 0.1) is 34.4 Å². The first-order valence-electron chi connectivity index (χ1n) is 39.9. The van der Waals surface area contributed by atoms with Gasteiger partial charge in [0.2, 0.25) is 0 Å². The van der Waals surface area contributed by atoms with E-state index in [1.807, 2.05) is 21.1 Å². The number of unbranched alkanes of at least 4 members (excludes halogenated alkanes) is 43. The zero-order chi connectivity index (χ0) is 68.2. The molecule has 0 saturated heterocycles. The molecule has 2 atom stereocenters. The van der Waals surface area contributed by atoms with Crippen LogP contribution in [0, 0.1) is 0 Å². The summed E-state index contributed by atoms with van der Waals surface area (Å²) in [6.07, 6.45) is 101. The van der Waals surface area contributed by atoms with Crippen molar-refractivity contribution in [2.24, 2.45) is 0 Å². The molecular weight excluding hydrogens is 1160 g/mol. The van der Waals surface area contributed by atoms with Gasteiger partial charge in [-0.05, 0) is 77.0 Å². The Bertz CT molecular complexity index is 1870. The molecule has 0 aliphatic carbocycles. The number of likely N-dealkylation sites (N-methyl/N-ethyl adjacent to an activating group) is 1. The normalized spacial score (nSPS) is 13.2. The van der Waals surface area contributed by atoms with Gasteiger partial charge in [0, 0.05) is 12.8 Å². The van der Waals surface area contributed by atoms with E-state index in [9.17, 15) is 19.5 Å². The number of carbonyl (C=O) groups excluding carboxylic acids is 2. The Kier molecular flexibility index (Phi) is 72.0. The molecule has 0 aromatic heterocycles. The van der Waals surface area contributed by atoms with Crippen LogP contribution in [0.3, 0.4) is 0 Å². The highest BCUT2D eigenvalue weighted by Crippen LogP contribution is 2.19. The maximum atomic E-state index is 13.0. The lowest BCUT2D eigenvalue weighted by atomic mass is 10.0. The number of ether oxygens (including phenoxy) is 4. The molecule has 0 radical (unpaired) electrons. The molecule has 1 N–H and O–H groups in total. The molecule has 0 saturated carbocycles. The van der Waals surface area contributed by atoms with E-state index in [4.69, 9.17) is 18.9 Å². The molecule has 2 unspecified atom stereocenters. The number of esters is 2. The predicted molar refractivity (Wildman–Crippen MR) is 405 cm³/mol. The zero-order valence-corrected chi connectivity index (χ0v) is 62.4. The molecule has 0 fully saturated rings. The van der Waals surface area contributed by atoms with E-state index < -0.39 is 24.3 Å². The largest absolute Gasteiger partial charge is 0.477 e. The van der Waals surface area contributed by atoms with Crippen LogP contribution in [0.15, 0.2) is 97.2 Å². The van der Waals surface area contributed by atoms with Crippen LogP contribution in [0.5, 0.6) is 0 Å². The standard InChI is InChI=1S/C85H151NO8/c1-6-8-10-12-14-16-18-20-22-24-26-28-30-32-34-36-38-40-41-42-44-45-47-49-51-53-55-57-59-61-63-65-67-69-71-73-75-82(87)92-79-81(80-93-85(84(89)90)91-78-77-86(3,4)5)94-83(88)76-74-72-70-68-66-64-62-60-58-56-54-52-50-48-46-43-39-37-35-33-31-29-27-25-23-21-19-17-15-13-11-9-7-2/h9,11,15,17,21,23,27,29,33,35,39,43,48,50,54,56,81,85H,6-8,10,12-14,16,18-20,22,24-26,28,30-32,34,36-38,40-42,44-47,49,51-53,55,57-80H2,1-5H3/p+1/b11-9-,17-15-,23-21-,29-27-,35-33-,43-39-,50-48-,56-54-. The van der Waals surface area contributed by atoms with Gasteiger partial charge in [0.15, 0.2) is 6.10 Å². The van der Waals surface area contributed by atoms with Gasteiger partial charge >= 0.3 is 17.9 Å². The molecule has 0 aliphatic rings. The smallest absolute Gasteiger partial charge is 0.361 e. The van der Waals surface area contributed by atoms with Crippen LogP contribution < -0.4 is 0 Å². The highest BCUT2D eigenvalue weighted by atomic mass is 16.7. The van der Waals surface area contributed by atoms with Gasteiger partial charge in [-0.1, -0.05) is 374 Å². The monoisotopic (exact) mass is 1320 g/mol. The summed E-state index contributed by atoms with van der Waals surface area (Å²) in [5, 5.41) is 9.77. The third-order valence-electron chi connectivity index (χ3n) is 17.6. The van der Waals surface area contributed by atoms with Crippen LogP contribution in [-0.4, -0.2) is 87.4 Å². The van der Waals surface area contributed by atoms with Gasteiger partial charge < -0.3 is 28.5 Å². The Morgan fingerprint density at radius 1 is 0.330 bits per heavy atom. The molecule has 0 aliphatic heterocycles. The van der Waals surface area contributed by atoms with E-state index in [1.165, 1.54) is 238 Å². The van der Waals surface area contributed by atoms with Crippen molar-refractivity contribution in [3.8, 4) is 0 Å². The van der Waals surface area contributed by atoms with Gasteiger partial charge in [-0.25, -0.2) is 4.79 Å². The minimum atomic E-state index is -1.52. The lowest BCUT2D eigenvalue weighted by Crippen LogP contribution is -2.40. The number of carboxylic acid groups (broad SMARTS) is 1. The molecular formula is C85H152NO8+. The molecule has 0 spiro atoms. The van der Waals surface area contributed by atoms with Crippen LogP contribution in [-0.2, 0) is 33.3 Å². The molecule has 544 valence electrons.